The van der Waals surface area contributed by atoms with Gasteiger partial charge in [0.25, 0.3) is 0 Å². The highest BCUT2D eigenvalue weighted by atomic mass is 16.6. The van der Waals surface area contributed by atoms with Crippen LogP contribution in [0, 0.1) is 0 Å². The number of aromatic nitrogens is 2. The van der Waals surface area contributed by atoms with E-state index in [0.717, 1.165) is 41.2 Å². The van der Waals surface area contributed by atoms with Gasteiger partial charge < -0.3 is 15.2 Å². The molecule has 0 atom stereocenters. The van der Waals surface area contributed by atoms with E-state index in [0.29, 0.717) is 19.0 Å². The summed E-state index contributed by atoms with van der Waals surface area (Å²) in [6.45, 7) is 3.27. The number of aromatic amines is 1. The Labute approximate surface area is 111 Å². The highest BCUT2D eigenvalue weighted by Gasteiger charge is 2.21. The molecule has 0 radical (unpaired) electrons. The Balaban J connectivity index is 2.12. The van der Waals surface area contributed by atoms with Crippen LogP contribution < -0.4 is 15.2 Å². The number of para-hydroxylation sites is 1. The van der Waals surface area contributed by atoms with E-state index in [1.807, 2.05) is 18.2 Å². The lowest BCUT2D eigenvalue weighted by molar-refractivity contribution is 0.172. The highest BCUT2D eigenvalue weighted by Crippen LogP contribution is 2.41. The molecule has 1 aliphatic rings. The van der Waals surface area contributed by atoms with Crippen LogP contribution in [-0.2, 0) is 6.42 Å². The smallest absolute Gasteiger partial charge is 0.170 e. The fraction of sp³-hybridized carbons (Fsp3) is 0.357. The molecule has 19 heavy (non-hydrogen) atoms. The Hall–Kier alpha value is -2.17. The number of anilines is 1. The largest absolute Gasteiger partial charge is 0.486 e. The number of nitrogen functional groups attached to an aromatic ring is 1. The number of H-pyrrole nitrogens is 1. The van der Waals surface area contributed by atoms with E-state index in [-0.39, 0.29) is 0 Å². The molecule has 0 saturated heterocycles. The van der Waals surface area contributed by atoms with E-state index < -0.39 is 0 Å². The summed E-state index contributed by atoms with van der Waals surface area (Å²) in [7, 11) is 0. The lowest BCUT2D eigenvalue weighted by atomic mass is 10.0. The minimum Gasteiger partial charge on any atom is -0.486 e. The van der Waals surface area contributed by atoms with Gasteiger partial charge in [-0.05, 0) is 18.6 Å². The van der Waals surface area contributed by atoms with Gasteiger partial charge in [0.1, 0.15) is 19.0 Å². The summed E-state index contributed by atoms with van der Waals surface area (Å²) >= 11 is 0. The summed E-state index contributed by atoms with van der Waals surface area (Å²) in [6.07, 6.45) is 1.91. The van der Waals surface area contributed by atoms with Crippen LogP contribution in [0.25, 0.3) is 11.3 Å². The Bertz CT molecular complexity index is 592. The normalized spacial score (nSPS) is 13.5. The molecule has 0 spiro atoms. The second-order valence-electron chi connectivity index (χ2n) is 4.54. The summed E-state index contributed by atoms with van der Waals surface area (Å²) in [5.41, 5.74) is 8.87. The van der Waals surface area contributed by atoms with Crippen molar-refractivity contribution in [3.63, 3.8) is 0 Å². The zero-order chi connectivity index (χ0) is 13.2. The van der Waals surface area contributed by atoms with Crippen LogP contribution in [0.3, 0.4) is 0 Å². The molecule has 0 aliphatic carbocycles. The molecule has 2 heterocycles. The standard InChI is InChI=1S/C14H17N3O2/c1-2-4-10-12(16-17-14(10)15)9-5-3-6-11-13(9)19-8-7-18-11/h3,5-6H,2,4,7-8H2,1H3,(H3,15,16,17). The zero-order valence-electron chi connectivity index (χ0n) is 10.9. The van der Waals surface area contributed by atoms with Crippen LogP contribution in [0.5, 0.6) is 11.5 Å². The fourth-order valence-corrected chi connectivity index (χ4v) is 2.38. The number of hydrogen-bond acceptors (Lipinski definition) is 4. The minimum atomic E-state index is 0.561. The van der Waals surface area contributed by atoms with Crippen molar-refractivity contribution >= 4 is 5.82 Å². The predicted octanol–water partition coefficient (Wildman–Crippen LogP) is 2.38. The summed E-state index contributed by atoms with van der Waals surface area (Å²) in [4.78, 5) is 0. The third kappa shape index (κ3) is 2.01. The van der Waals surface area contributed by atoms with Crippen LogP contribution >= 0.6 is 0 Å². The summed E-state index contributed by atoms with van der Waals surface area (Å²) < 4.78 is 11.3. The molecule has 5 nitrogen and oxygen atoms in total. The van der Waals surface area contributed by atoms with Gasteiger partial charge in [-0.3, -0.25) is 5.10 Å². The van der Waals surface area contributed by atoms with Crippen molar-refractivity contribution in [3.8, 4) is 22.8 Å². The van der Waals surface area contributed by atoms with Gasteiger partial charge in [0, 0.05) is 11.1 Å². The lowest BCUT2D eigenvalue weighted by Gasteiger charge is -2.20. The Morgan fingerprint density at radius 1 is 1.32 bits per heavy atom. The van der Waals surface area contributed by atoms with E-state index in [2.05, 4.69) is 17.1 Å². The molecule has 0 bridgehead atoms. The number of nitrogens with one attached hydrogen (secondary N) is 1. The minimum absolute atomic E-state index is 0.561. The molecule has 100 valence electrons. The number of hydrogen-bond donors (Lipinski definition) is 2. The van der Waals surface area contributed by atoms with Crippen molar-refractivity contribution in [3.05, 3.63) is 23.8 Å². The number of rotatable bonds is 3. The SMILES string of the molecule is CCCc1c(N)n[nH]c1-c1cccc2c1OCCO2. The lowest BCUT2D eigenvalue weighted by Crippen LogP contribution is -2.16. The van der Waals surface area contributed by atoms with Crippen LogP contribution in [0.1, 0.15) is 18.9 Å². The van der Waals surface area contributed by atoms with Crippen LogP contribution in [0.4, 0.5) is 5.82 Å². The molecule has 1 aliphatic heterocycles. The number of fused-ring (bicyclic) bond motifs is 1. The van der Waals surface area contributed by atoms with Crippen molar-refractivity contribution in [2.45, 2.75) is 19.8 Å². The molecule has 5 heteroatoms. The van der Waals surface area contributed by atoms with Gasteiger partial charge in [-0.2, -0.15) is 5.10 Å². The van der Waals surface area contributed by atoms with E-state index in [4.69, 9.17) is 15.2 Å². The van der Waals surface area contributed by atoms with Gasteiger partial charge in [-0.1, -0.05) is 19.4 Å². The molecule has 0 fully saturated rings. The third-order valence-corrected chi connectivity index (χ3v) is 3.23. The van der Waals surface area contributed by atoms with Crippen molar-refractivity contribution in [2.75, 3.05) is 18.9 Å². The predicted molar refractivity (Wildman–Crippen MR) is 73.4 cm³/mol. The maximum absolute atomic E-state index is 5.93. The van der Waals surface area contributed by atoms with Gasteiger partial charge in [0.05, 0.1) is 5.69 Å². The molecule has 1 aromatic carbocycles. The first-order chi connectivity index (χ1) is 9.31. The van der Waals surface area contributed by atoms with Gasteiger partial charge >= 0.3 is 0 Å². The second-order valence-corrected chi connectivity index (χ2v) is 4.54. The number of ether oxygens (including phenoxy) is 2. The van der Waals surface area contributed by atoms with Gasteiger partial charge in [0.15, 0.2) is 11.5 Å². The quantitative estimate of drug-likeness (QED) is 0.887. The monoisotopic (exact) mass is 259 g/mol. The molecule has 2 aromatic rings. The molecule has 1 aromatic heterocycles. The van der Waals surface area contributed by atoms with Crippen LogP contribution in [0.2, 0.25) is 0 Å². The summed E-state index contributed by atoms with van der Waals surface area (Å²) in [6, 6.07) is 5.87. The molecule has 0 amide bonds. The van der Waals surface area contributed by atoms with E-state index in [9.17, 15) is 0 Å². The average Bonchev–Trinajstić information content (AvgIpc) is 2.80. The second kappa shape index (κ2) is 4.84. The molecular weight excluding hydrogens is 242 g/mol. The molecule has 0 unspecified atom stereocenters. The van der Waals surface area contributed by atoms with Gasteiger partial charge in [0.2, 0.25) is 0 Å². The van der Waals surface area contributed by atoms with Crippen molar-refractivity contribution in [1.29, 1.82) is 0 Å². The molecule has 0 saturated carbocycles. The Morgan fingerprint density at radius 2 is 2.16 bits per heavy atom. The van der Waals surface area contributed by atoms with E-state index >= 15 is 0 Å². The highest BCUT2D eigenvalue weighted by molar-refractivity contribution is 5.76. The van der Waals surface area contributed by atoms with E-state index in [1.165, 1.54) is 0 Å². The average molecular weight is 259 g/mol. The molecule has 3 rings (SSSR count). The fourth-order valence-electron chi connectivity index (χ4n) is 2.38. The zero-order valence-corrected chi connectivity index (χ0v) is 10.9. The van der Waals surface area contributed by atoms with Gasteiger partial charge in [-0.25, -0.2) is 0 Å². The first kappa shape index (κ1) is 11.9. The first-order valence-electron chi connectivity index (χ1n) is 6.53. The van der Waals surface area contributed by atoms with Crippen LogP contribution in [0.15, 0.2) is 18.2 Å². The van der Waals surface area contributed by atoms with Gasteiger partial charge in [-0.15, -0.1) is 0 Å². The Morgan fingerprint density at radius 3 is 3.00 bits per heavy atom. The summed E-state index contributed by atoms with van der Waals surface area (Å²) in [5.74, 6) is 2.11. The molecule has 3 N–H and O–H groups in total. The van der Waals surface area contributed by atoms with Crippen LogP contribution in [-0.4, -0.2) is 23.4 Å². The van der Waals surface area contributed by atoms with E-state index in [1.54, 1.807) is 0 Å². The number of nitrogens with zero attached hydrogens (tertiary/aromatic N) is 1. The topological polar surface area (TPSA) is 73.2 Å². The first-order valence-corrected chi connectivity index (χ1v) is 6.53. The maximum atomic E-state index is 5.93. The molecular formula is C14H17N3O2. The van der Waals surface area contributed by atoms with Crippen molar-refractivity contribution < 1.29 is 9.47 Å². The summed E-state index contributed by atoms with van der Waals surface area (Å²) in [5, 5.41) is 7.13. The van der Waals surface area contributed by atoms with Crippen molar-refractivity contribution in [1.82, 2.24) is 10.2 Å². The number of benzene rings is 1. The Kier molecular flexibility index (Phi) is 3.03. The third-order valence-electron chi connectivity index (χ3n) is 3.23. The maximum Gasteiger partial charge on any atom is 0.170 e. The number of nitrogens with two attached hydrogens (primary N) is 1. The van der Waals surface area contributed by atoms with Crippen molar-refractivity contribution in [2.24, 2.45) is 0 Å².